The number of carbonyl (C=O) groups excluding carboxylic acids is 1. The molecule has 2 aliphatic rings. The fraction of sp³-hybridized carbons (Fsp3) is 0.500. The molecule has 0 saturated carbocycles. The summed E-state index contributed by atoms with van der Waals surface area (Å²) in [6.07, 6.45) is 2.73. The van der Waals surface area contributed by atoms with E-state index in [1.165, 1.54) is 0 Å². The Morgan fingerprint density at radius 2 is 2.10 bits per heavy atom. The molecule has 5 nitrogen and oxygen atoms in total. The van der Waals surface area contributed by atoms with Crippen LogP contribution < -0.4 is 5.32 Å². The summed E-state index contributed by atoms with van der Waals surface area (Å²) >= 11 is 0. The van der Waals surface area contributed by atoms with E-state index >= 15 is 0 Å². The van der Waals surface area contributed by atoms with Crippen LogP contribution in [0.15, 0.2) is 24.3 Å². The minimum atomic E-state index is -0.881. The second kappa shape index (κ2) is 5.76. The van der Waals surface area contributed by atoms with Gasteiger partial charge in [0.05, 0.1) is 0 Å². The molecule has 1 amide bonds. The van der Waals surface area contributed by atoms with Crippen molar-refractivity contribution >= 4 is 17.6 Å². The molecule has 0 bridgehead atoms. The van der Waals surface area contributed by atoms with Crippen LogP contribution in [0.25, 0.3) is 0 Å². The third-order valence-electron chi connectivity index (χ3n) is 4.47. The van der Waals surface area contributed by atoms with Crippen molar-refractivity contribution in [1.82, 2.24) is 4.90 Å². The van der Waals surface area contributed by atoms with Gasteiger partial charge in [0.25, 0.3) is 0 Å². The van der Waals surface area contributed by atoms with Gasteiger partial charge in [0, 0.05) is 31.1 Å². The highest BCUT2D eigenvalue weighted by atomic mass is 16.4. The Bertz CT molecular complexity index is 558. The van der Waals surface area contributed by atoms with Crippen LogP contribution in [0.5, 0.6) is 0 Å². The first-order valence-electron chi connectivity index (χ1n) is 7.52. The first-order valence-corrected chi connectivity index (χ1v) is 7.52. The van der Waals surface area contributed by atoms with Crippen molar-refractivity contribution in [2.75, 3.05) is 18.4 Å². The SMILES string of the molecule is O=C(O)[C@@H]1CCCCN1C(=O)CC1CNc2ccccc21. The van der Waals surface area contributed by atoms with Crippen LogP contribution in [0.4, 0.5) is 5.69 Å². The number of nitrogens with one attached hydrogen (secondary N) is 1. The summed E-state index contributed by atoms with van der Waals surface area (Å²) < 4.78 is 0. The number of hydrogen-bond donors (Lipinski definition) is 2. The maximum atomic E-state index is 12.5. The predicted molar refractivity (Wildman–Crippen MR) is 79.3 cm³/mol. The smallest absolute Gasteiger partial charge is 0.326 e. The number of carboxylic acid groups (broad SMARTS) is 1. The summed E-state index contributed by atoms with van der Waals surface area (Å²) in [6.45, 7) is 1.31. The van der Waals surface area contributed by atoms with Crippen molar-refractivity contribution < 1.29 is 14.7 Å². The highest BCUT2D eigenvalue weighted by Crippen LogP contribution is 2.34. The molecule has 0 aliphatic carbocycles. The van der Waals surface area contributed by atoms with Gasteiger partial charge in [0.2, 0.25) is 5.91 Å². The molecular formula is C16H20N2O3. The van der Waals surface area contributed by atoms with Crippen molar-refractivity contribution in [3.63, 3.8) is 0 Å². The van der Waals surface area contributed by atoms with Gasteiger partial charge < -0.3 is 15.3 Å². The van der Waals surface area contributed by atoms with Gasteiger partial charge in [-0.2, -0.15) is 0 Å². The zero-order chi connectivity index (χ0) is 14.8. The van der Waals surface area contributed by atoms with Gasteiger partial charge in [-0.25, -0.2) is 4.79 Å². The average molecular weight is 288 g/mol. The molecule has 1 fully saturated rings. The third-order valence-corrected chi connectivity index (χ3v) is 4.47. The number of carboxylic acids is 1. The van der Waals surface area contributed by atoms with Gasteiger partial charge >= 0.3 is 5.97 Å². The quantitative estimate of drug-likeness (QED) is 0.893. The van der Waals surface area contributed by atoms with Gasteiger partial charge in [-0.15, -0.1) is 0 Å². The molecule has 2 atom stereocenters. The van der Waals surface area contributed by atoms with E-state index in [4.69, 9.17) is 0 Å². The number of hydrogen-bond acceptors (Lipinski definition) is 3. The number of para-hydroxylation sites is 1. The lowest BCUT2D eigenvalue weighted by molar-refractivity contribution is -0.152. The molecule has 0 spiro atoms. The first-order chi connectivity index (χ1) is 10.2. The van der Waals surface area contributed by atoms with Crippen LogP contribution in [0.1, 0.15) is 37.2 Å². The Kier molecular flexibility index (Phi) is 3.82. The maximum absolute atomic E-state index is 12.5. The van der Waals surface area contributed by atoms with Crippen LogP contribution >= 0.6 is 0 Å². The fourth-order valence-electron chi connectivity index (χ4n) is 3.35. The number of nitrogens with zero attached hydrogens (tertiary/aromatic N) is 1. The van der Waals surface area contributed by atoms with E-state index in [0.717, 1.165) is 30.6 Å². The van der Waals surface area contributed by atoms with E-state index in [0.29, 0.717) is 19.4 Å². The molecular weight excluding hydrogens is 268 g/mol. The number of piperidine rings is 1. The summed E-state index contributed by atoms with van der Waals surface area (Å²) in [4.78, 5) is 25.4. The highest BCUT2D eigenvalue weighted by molar-refractivity contribution is 5.84. The highest BCUT2D eigenvalue weighted by Gasteiger charge is 2.34. The molecule has 2 N–H and O–H groups in total. The molecule has 1 aromatic carbocycles. The fourth-order valence-corrected chi connectivity index (χ4v) is 3.35. The lowest BCUT2D eigenvalue weighted by Gasteiger charge is -2.33. The zero-order valence-corrected chi connectivity index (χ0v) is 11.9. The van der Waals surface area contributed by atoms with E-state index in [1.807, 2.05) is 24.3 Å². The van der Waals surface area contributed by atoms with E-state index < -0.39 is 12.0 Å². The standard InChI is InChI=1S/C16H20N2O3/c19-15(18-8-4-3-7-14(18)16(20)21)9-11-10-17-13-6-2-1-5-12(11)13/h1-2,5-6,11,14,17H,3-4,7-10H2,(H,20,21)/t11?,14-/m0/s1. The minimum Gasteiger partial charge on any atom is -0.480 e. The Morgan fingerprint density at radius 3 is 2.90 bits per heavy atom. The third kappa shape index (κ3) is 2.73. The molecule has 3 rings (SSSR count). The molecule has 112 valence electrons. The molecule has 0 radical (unpaired) electrons. The van der Waals surface area contributed by atoms with Gasteiger partial charge in [0.1, 0.15) is 6.04 Å². The average Bonchev–Trinajstić information content (AvgIpc) is 2.90. The van der Waals surface area contributed by atoms with Crippen LogP contribution in [-0.4, -0.2) is 41.0 Å². The number of amides is 1. The van der Waals surface area contributed by atoms with Gasteiger partial charge in [-0.3, -0.25) is 4.79 Å². The molecule has 2 aliphatic heterocycles. The lowest BCUT2D eigenvalue weighted by Crippen LogP contribution is -2.48. The number of aliphatic carboxylic acids is 1. The van der Waals surface area contributed by atoms with Crippen molar-refractivity contribution in [3.05, 3.63) is 29.8 Å². The Labute approximate surface area is 123 Å². The van der Waals surface area contributed by atoms with Crippen molar-refractivity contribution in [2.24, 2.45) is 0 Å². The van der Waals surface area contributed by atoms with Crippen molar-refractivity contribution in [2.45, 2.75) is 37.6 Å². The summed E-state index contributed by atoms with van der Waals surface area (Å²) in [5.74, 6) is -0.774. The van der Waals surface area contributed by atoms with Crippen LogP contribution in [0.2, 0.25) is 0 Å². The number of carbonyl (C=O) groups is 2. The van der Waals surface area contributed by atoms with E-state index in [1.54, 1.807) is 4.90 Å². The minimum absolute atomic E-state index is 0.0365. The molecule has 5 heteroatoms. The van der Waals surface area contributed by atoms with E-state index in [-0.39, 0.29) is 11.8 Å². The molecule has 2 heterocycles. The number of anilines is 1. The number of likely N-dealkylation sites (tertiary alicyclic amines) is 1. The summed E-state index contributed by atoms with van der Waals surface area (Å²) in [7, 11) is 0. The van der Waals surface area contributed by atoms with Crippen molar-refractivity contribution in [1.29, 1.82) is 0 Å². The van der Waals surface area contributed by atoms with Crippen LogP contribution in [0.3, 0.4) is 0 Å². The molecule has 1 unspecified atom stereocenters. The Hall–Kier alpha value is -2.04. The molecule has 0 aromatic heterocycles. The summed E-state index contributed by atoms with van der Waals surface area (Å²) in [5.41, 5.74) is 2.25. The Morgan fingerprint density at radius 1 is 1.29 bits per heavy atom. The van der Waals surface area contributed by atoms with Gasteiger partial charge in [-0.1, -0.05) is 18.2 Å². The summed E-state index contributed by atoms with van der Waals surface area (Å²) in [6, 6.07) is 7.36. The van der Waals surface area contributed by atoms with Gasteiger partial charge in [0.15, 0.2) is 0 Å². The lowest BCUT2D eigenvalue weighted by atomic mass is 9.95. The van der Waals surface area contributed by atoms with Crippen LogP contribution in [0, 0.1) is 0 Å². The predicted octanol–water partition coefficient (Wildman–Crippen LogP) is 2.05. The normalized spacial score (nSPS) is 24.3. The van der Waals surface area contributed by atoms with Gasteiger partial charge in [-0.05, 0) is 30.9 Å². The van der Waals surface area contributed by atoms with E-state index in [9.17, 15) is 14.7 Å². The monoisotopic (exact) mass is 288 g/mol. The topological polar surface area (TPSA) is 69.6 Å². The number of fused-ring (bicyclic) bond motifs is 1. The molecule has 21 heavy (non-hydrogen) atoms. The molecule has 1 aromatic rings. The van der Waals surface area contributed by atoms with E-state index in [2.05, 4.69) is 5.32 Å². The van der Waals surface area contributed by atoms with Crippen LogP contribution in [-0.2, 0) is 9.59 Å². The molecule has 1 saturated heterocycles. The maximum Gasteiger partial charge on any atom is 0.326 e. The number of rotatable bonds is 3. The van der Waals surface area contributed by atoms with Crippen molar-refractivity contribution in [3.8, 4) is 0 Å². The first kappa shape index (κ1) is 13.9. The second-order valence-electron chi connectivity index (χ2n) is 5.81. The second-order valence-corrected chi connectivity index (χ2v) is 5.81. The summed E-state index contributed by atoms with van der Waals surface area (Å²) in [5, 5.41) is 12.6. The zero-order valence-electron chi connectivity index (χ0n) is 11.9. The Balaban J connectivity index is 1.70. The number of benzene rings is 1. The largest absolute Gasteiger partial charge is 0.480 e.